The van der Waals surface area contributed by atoms with Crippen LogP contribution in [-0.4, -0.2) is 11.7 Å². The van der Waals surface area contributed by atoms with Crippen molar-refractivity contribution in [3.8, 4) is 0 Å². The lowest BCUT2D eigenvalue weighted by Crippen LogP contribution is -2.12. The maximum Gasteiger partial charge on any atom is 0.125 e. The molecule has 0 aliphatic rings. The molecule has 0 bridgehead atoms. The van der Waals surface area contributed by atoms with Crippen LogP contribution in [0.15, 0.2) is 17.1 Å². The van der Waals surface area contributed by atoms with Gasteiger partial charge in [0.2, 0.25) is 0 Å². The molecule has 2 nitrogen and oxygen atoms in total. The largest absolute Gasteiger partial charge is 0.386 e. The number of halogens is 3. The van der Waals surface area contributed by atoms with Crippen molar-refractivity contribution in [3.05, 3.63) is 27.1 Å². The fourth-order valence-corrected chi connectivity index (χ4v) is 1.47. The van der Waals surface area contributed by atoms with Gasteiger partial charge in [0.1, 0.15) is 11.7 Å². The normalized spacial score (nSPS) is 11.9. The van der Waals surface area contributed by atoms with E-state index in [1.54, 1.807) is 0 Å². The van der Waals surface area contributed by atoms with Crippen LogP contribution in [0.4, 0.5) is 10.1 Å². The molecular weight excluding hydrogens is 317 g/mol. The SMILES string of the molecule is Cc1cc(F)cc(N=C(N)CCl)c1I. The Morgan fingerprint density at radius 2 is 2.29 bits per heavy atom. The average Bonchev–Trinajstić information content (AvgIpc) is 2.13. The van der Waals surface area contributed by atoms with E-state index in [0.29, 0.717) is 5.69 Å². The van der Waals surface area contributed by atoms with Crippen LogP contribution in [0, 0.1) is 16.3 Å². The second-order valence-corrected chi connectivity index (χ2v) is 4.14. The molecular formula is C9H9ClFIN2. The Kier molecular flexibility index (Phi) is 4.12. The molecule has 0 fully saturated rings. The molecule has 0 spiro atoms. The molecule has 0 aliphatic heterocycles. The molecule has 0 unspecified atom stereocenters. The molecule has 76 valence electrons. The number of nitrogens with zero attached hydrogens (tertiary/aromatic N) is 1. The van der Waals surface area contributed by atoms with Gasteiger partial charge in [0.05, 0.1) is 11.6 Å². The summed E-state index contributed by atoms with van der Waals surface area (Å²) in [5.41, 5.74) is 6.83. The average molecular weight is 327 g/mol. The third-order valence-corrected chi connectivity index (χ3v) is 3.28. The maximum absolute atomic E-state index is 13.0. The molecule has 1 rings (SSSR count). The molecule has 0 amide bonds. The Bertz CT molecular complexity index is 379. The van der Waals surface area contributed by atoms with Crippen molar-refractivity contribution in [2.75, 3.05) is 5.88 Å². The van der Waals surface area contributed by atoms with E-state index >= 15 is 0 Å². The number of nitrogens with two attached hydrogens (primary N) is 1. The zero-order chi connectivity index (χ0) is 10.7. The van der Waals surface area contributed by atoms with E-state index in [9.17, 15) is 4.39 Å². The van der Waals surface area contributed by atoms with Crippen LogP contribution >= 0.6 is 34.2 Å². The summed E-state index contributed by atoms with van der Waals surface area (Å²) in [5.74, 6) is 0.115. The molecule has 0 saturated heterocycles. The van der Waals surface area contributed by atoms with E-state index in [1.165, 1.54) is 12.1 Å². The first-order valence-electron chi connectivity index (χ1n) is 3.89. The highest BCUT2D eigenvalue weighted by Crippen LogP contribution is 2.25. The lowest BCUT2D eigenvalue weighted by molar-refractivity contribution is 0.626. The van der Waals surface area contributed by atoms with Crippen molar-refractivity contribution in [2.45, 2.75) is 6.92 Å². The number of benzene rings is 1. The highest BCUT2D eigenvalue weighted by atomic mass is 127. The molecule has 0 heterocycles. The third kappa shape index (κ3) is 2.81. The number of aliphatic imine (C=N–C) groups is 1. The van der Waals surface area contributed by atoms with Crippen LogP contribution in [-0.2, 0) is 0 Å². The van der Waals surface area contributed by atoms with Crippen LogP contribution in [0.25, 0.3) is 0 Å². The standard InChI is InChI=1S/C9H9ClFIN2/c1-5-2-6(11)3-7(9(5)12)14-8(13)4-10/h2-3H,4H2,1H3,(H2,13,14). The lowest BCUT2D eigenvalue weighted by atomic mass is 10.2. The second kappa shape index (κ2) is 4.93. The highest BCUT2D eigenvalue weighted by molar-refractivity contribution is 14.1. The number of hydrogen-bond acceptors (Lipinski definition) is 1. The predicted octanol–water partition coefficient (Wildman–Crippen LogP) is 2.97. The zero-order valence-electron chi connectivity index (χ0n) is 7.52. The summed E-state index contributed by atoms with van der Waals surface area (Å²) >= 11 is 7.58. The van der Waals surface area contributed by atoms with E-state index in [1.807, 2.05) is 6.92 Å². The quantitative estimate of drug-likeness (QED) is 0.386. The van der Waals surface area contributed by atoms with E-state index < -0.39 is 0 Å². The lowest BCUT2D eigenvalue weighted by Gasteiger charge is -2.03. The van der Waals surface area contributed by atoms with Gasteiger partial charge in [-0.3, -0.25) is 0 Å². The Morgan fingerprint density at radius 1 is 1.64 bits per heavy atom. The smallest absolute Gasteiger partial charge is 0.125 e. The van der Waals surface area contributed by atoms with Crippen molar-refractivity contribution in [2.24, 2.45) is 10.7 Å². The molecule has 14 heavy (non-hydrogen) atoms. The molecule has 5 heteroatoms. The van der Waals surface area contributed by atoms with Crippen LogP contribution in [0.1, 0.15) is 5.56 Å². The monoisotopic (exact) mass is 326 g/mol. The molecule has 0 saturated carbocycles. The van der Waals surface area contributed by atoms with E-state index in [-0.39, 0.29) is 17.5 Å². The first-order chi connectivity index (χ1) is 6.54. The van der Waals surface area contributed by atoms with Gasteiger partial charge in [-0.25, -0.2) is 9.38 Å². The highest BCUT2D eigenvalue weighted by Gasteiger charge is 2.05. The Morgan fingerprint density at radius 3 is 2.86 bits per heavy atom. The number of hydrogen-bond donors (Lipinski definition) is 1. The minimum Gasteiger partial charge on any atom is -0.386 e. The van der Waals surface area contributed by atoms with Crippen LogP contribution in [0.5, 0.6) is 0 Å². The van der Waals surface area contributed by atoms with E-state index in [2.05, 4.69) is 27.6 Å². The third-order valence-electron chi connectivity index (χ3n) is 1.60. The van der Waals surface area contributed by atoms with Crippen LogP contribution < -0.4 is 5.73 Å². The number of rotatable bonds is 2. The van der Waals surface area contributed by atoms with Gasteiger partial charge in [-0.15, -0.1) is 11.6 Å². The first kappa shape index (κ1) is 11.7. The van der Waals surface area contributed by atoms with Gasteiger partial charge in [-0.2, -0.15) is 0 Å². The molecule has 0 aromatic heterocycles. The van der Waals surface area contributed by atoms with Crippen molar-refractivity contribution < 1.29 is 4.39 Å². The van der Waals surface area contributed by atoms with Gasteiger partial charge < -0.3 is 5.73 Å². The van der Waals surface area contributed by atoms with Gasteiger partial charge in [0.15, 0.2) is 0 Å². The van der Waals surface area contributed by atoms with Gasteiger partial charge in [0.25, 0.3) is 0 Å². The van der Waals surface area contributed by atoms with Crippen LogP contribution in [0.3, 0.4) is 0 Å². The minimum atomic E-state index is -0.316. The van der Waals surface area contributed by atoms with E-state index in [4.69, 9.17) is 17.3 Å². The summed E-state index contributed by atoms with van der Waals surface area (Å²) in [6.07, 6.45) is 0. The zero-order valence-corrected chi connectivity index (χ0v) is 10.4. The summed E-state index contributed by atoms with van der Waals surface area (Å²) < 4.78 is 13.9. The summed E-state index contributed by atoms with van der Waals surface area (Å²) in [6.45, 7) is 1.82. The molecule has 1 aromatic carbocycles. The fraction of sp³-hybridized carbons (Fsp3) is 0.222. The maximum atomic E-state index is 13.0. The number of aryl methyl sites for hydroxylation is 1. The van der Waals surface area contributed by atoms with Gasteiger partial charge in [0, 0.05) is 9.64 Å². The summed E-state index contributed by atoms with van der Waals surface area (Å²) in [5, 5.41) is 0. The molecule has 2 N–H and O–H groups in total. The molecule has 0 atom stereocenters. The molecule has 1 aromatic rings. The number of alkyl halides is 1. The second-order valence-electron chi connectivity index (χ2n) is 2.79. The summed E-state index contributed by atoms with van der Waals surface area (Å²) in [7, 11) is 0. The number of amidine groups is 1. The van der Waals surface area contributed by atoms with Crippen molar-refractivity contribution >= 4 is 45.7 Å². The van der Waals surface area contributed by atoms with Gasteiger partial charge in [-0.05, 0) is 41.1 Å². The molecule has 0 aliphatic carbocycles. The van der Waals surface area contributed by atoms with Crippen molar-refractivity contribution in [3.63, 3.8) is 0 Å². The first-order valence-corrected chi connectivity index (χ1v) is 5.50. The Balaban J connectivity index is 3.21. The fourth-order valence-electron chi connectivity index (χ4n) is 0.974. The van der Waals surface area contributed by atoms with Crippen LogP contribution in [0.2, 0.25) is 0 Å². The Labute approximate surface area is 100 Å². The van der Waals surface area contributed by atoms with Gasteiger partial charge >= 0.3 is 0 Å². The topological polar surface area (TPSA) is 38.4 Å². The van der Waals surface area contributed by atoms with Crippen molar-refractivity contribution in [1.29, 1.82) is 0 Å². The predicted molar refractivity (Wildman–Crippen MR) is 65.9 cm³/mol. The summed E-state index contributed by atoms with van der Waals surface area (Å²) in [4.78, 5) is 4.01. The van der Waals surface area contributed by atoms with Crippen molar-refractivity contribution in [1.82, 2.24) is 0 Å². The van der Waals surface area contributed by atoms with Gasteiger partial charge in [-0.1, -0.05) is 0 Å². The van der Waals surface area contributed by atoms with E-state index in [0.717, 1.165) is 9.13 Å². The minimum absolute atomic E-state index is 0.144. The molecule has 0 radical (unpaired) electrons. The Hall–Kier alpha value is -0.360. The summed E-state index contributed by atoms with van der Waals surface area (Å²) in [6, 6.07) is 2.80.